The van der Waals surface area contributed by atoms with E-state index in [4.69, 9.17) is 4.74 Å². The van der Waals surface area contributed by atoms with Gasteiger partial charge in [0.25, 0.3) is 0 Å². The molecule has 1 unspecified atom stereocenters. The Bertz CT molecular complexity index is 724. The molecule has 0 heterocycles. The van der Waals surface area contributed by atoms with Gasteiger partial charge in [0.2, 0.25) is 0 Å². The van der Waals surface area contributed by atoms with Crippen LogP contribution in [0.25, 0.3) is 11.1 Å². The Morgan fingerprint density at radius 3 is 2.05 bits per heavy atom. The van der Waals surface area contributed by atoms with Gasteiger partial charge in [-0.15, -0.1) is 0 Å². The van der Waals surface area contributed by atoms with Crippen molar-refractivity contribution < 1.29 is 14.3 Å². The summed E-state index contributed by atoms with van der Waals surface area (Å²) in [6, 6.07) is 15.4. The van der Waals surface area contributed by atoms with Crippen molar-refractivity contribution >= 4 is 11.6 Å². The van der Waals surface area contributed by atoms with Crippen LogP contribution in [0, 0.1) is 0 Å². The summed E-state index contributed by atoms with van der Waals surface area (Å²) >= 11 is 0. The highest BCUT2D eigenvalue weighted by Crippen LogP contribution is 2.27. The third kappa shape index (κ3) is 2.70. The van der Waals surface area contributed by atoms with Gasteiger partial charge in [0.15, 0.2) is 11.6 Å². The molecule has 1 aliphatic rings. The van der Waals surface area contributed by atoms with E-state index in [2.05, 4.69) is 0 Å². The average molecular weight is 292 g/mol. The Kier molecular flexibility index (Phi) is 3.88. The number of carbonyl (C=O) groups excluding carboxylic acids is 2. The average Bonchev–Trinajstić information content (AvgIpc) is 2.55. The van der Waals surface area contributed by atoms with Crippen LogP contribution in [0.2, 0.25) is 0 Å². The molecule has 22 heavy (non-hydrogen) atoms. The van der Waals surface area contributed by atoms with Gasteiger partial charge in [-0.2, -0.15) is 0 Å². The molecule has 0 aliphatic heterocycles. The van der Waals surface area contributed by atoms with Crippen LogP contribution in [-0.2, 0) is 9.59 Å². The van der Waals surface area contributed by atoms with E-state index < -0.39 is 5.92 Å². The Morgan fingerprint density at radius 2 is 1.50 bits per heavy atom. The van der Waals surface area contributed by atoms with Crippen LogP contribution in [0.1, 0.15) is 17.9 Å². The molecule has 1 atom stereocenters. The lowest BCUT2D eigenvalue weighted by Gasteiger charge is -2.16. The number of hydrogen-bond donors (Lipinski definition) is 0. The van der Waals surface area contributed by atoms with Gasteiger partial charge in [0, 0.05) is 6.42 Å². The van der Waals surface area contributed by atoms with Gasteiger partial charge < -0.3 is 4.74 Å². The number of benzene rings is 2. The van der Waals surface area contributed by atoms with Crippen LogP contribution < -0.4 is 4.74 Å². The highest BCUT2D eigenvalue weighted by molar-refractivity contribution is 6.14. The quantitative estimate of drug-likeness (QED) is 0.813. The van der Waals surface area contributed by atoms with Crippen LogP contribution in [-0.4, -0.2) is 18.7 Å². The fourth-order valence-electron chi connectivity index (χ4n) is 2.67. The normalized spacial score (nSPS) is 17.6. The van der Waals surface area contributed by atoms with E-state index in [-0.39, 0.29) is 11.6 Å². The summed E-state index contributed by atoms with van der Waals surface area (Å²) < 4.78 is 5.15. The first-order valence-electron chi connectivity index (χ1n) is 7.16. The molecule has 0 saturated heterocycles. The number of Topliss-reactive ketones (excluding diaryl/α,β-unsaturated/α-hetero) is 1. The number of hydrogen-bond acceptors (Lipinski definition) is 3. The van der Waals surface area contributed by atoms with E-state index in [0.717, 1.165) is 22.4 Å². The van der Waals surface area contributed by atoms with E-state index >= 15 is 0 Å². The van der Waals surface area contributed by atoms with Gasteiger partial charge in [-0.05, 0) is 34.9 Å². The first-order valence-corrected chi connectivity index (χ1v) is 7.16. The molecule has 2 aromatic carbocycles. The lowest BCUT2D eigenvalue weighted by atomic mass is 9.85. The topological polar surface area (TPSA) is 43.4 Å². The molecule has 3 rings (SSSR count). The molecule has 0 N–H and O–H groups in total. The number of ether oxygens (including phenoxy) is 1. The summed E-state index contributed by atoms with van der Waals surface area (Å²) in [5, 5.41) is 0. The molecule has 0 bridgehead atoms. The zero-order valence-corrected chi connectivity index (χ0v) is 12.3. The van der Waals surface area contributed by atoms with E-state index in [1.165, 1.54) is 6.08 Å². The van der Waals surface area contributed by atoms with Gasteiger partial charge in [-0.1, -0.05) is 42.5 Å². The second-order valence-corrected chi connectivity index (χ2v) is 5.26. The van der Waals surface area contributed by atoms with E-state index in [9.17, 15) is 9.59 Å². The van der Waals surface area contributed by atoms with Crippen molar-refractivity contribution in [2.24, 2.45) is 0 Å². The number of methoxy groups -OCH3 is 1. The Balaban J connectivity index is 1.87. The summed E-state index contributed by atoms with van der Waals surface area (Å²) in [4.78, 5) is 23.9. The number of allylic oxidation sites excluding steroid dienone is 2. The molecule has 0 radical (unpaired) electrons. The second kappa shape index (κ2) is 5.98. The van der Waals surface area contributed by atoms with Gasteiger partial charge in [0.05, 0.1) is 7.11 Å². The predicted octanol–water partition coefficient (Wildman–Crippen LogP) is 3.54. The van der Waals surface area contributed by atoms with Crippen LogP contribution >= 0.6 is 0 Å². The minimum Gasteiger partial charge on any atom is -0.497 e. The minimum atomic E-state index is -0.644. The highest BCUT2D eigenvalue weighted by atomic mass is 16.5. The number of carbonyl (C=O) groups is 2. The SMILES string of the molecule is COc1ccc(-c2ccc(C3C(=O)C=CCC3=O)cc2)cc1. The Labute approximate surface area is 129 Å². The first kappa shape index (κ1) is 14.3. The maximum absolute atomic E-state index is 11.9. The van der Waals surface area contributed by atoms with Crippen molar-refractivity contribution in [3.63, 3.8) is 0 Å². The molecule has 3 heteroatoms. The zero-order valence-electron chi connectivity index (χ0n) is 12.3. The van der Waals surface area contributed by atoms with Gasteiger partial charge in [0.1, 0.15) is 11.7 Å². The third-order valence-electron chi connectivity index (χ3n) is 3.88. The van der Waals surface area contributed by atoms with Crippen molar-refractivity contribution in [3.8, 4) is 16.9 Å². The first-order chi connectivity index (χ1) is 10.7. The van der Waals surface area contributed by atoms with Gasteiger partial charge in [-0.3, -0.25) is 9.59 Å². The molecule has 3 nitrogen and oxygen atoms in total. The van der Waals surface area contributed by atoms with Crippen molar-refractivity contribution in [2.75, 3.05) is 7.11 Å². The highest BCUT2D eigenvalue weighted by Gasteiger charge is 2.28. The third-order valence-corrected chi connectivity index (χ3v) is 3.88. The Hall–Kier alpha value is -2.68. The molecule has 0 aromatic heterocycles. The molecule has 0 fully saturated rings. The molecular formula is C19H16O3. The van der Waals surface area contributed by atoms with Gasteiger partial charge in [-0.25, -0.2) is 0 Å². The number of rotatable bonds is 3. The minimum absolute atomic E-state index is 0.0373. The van der Waals surface area contributed by atoms with Crippen LogP contribution in [0.5, 0.6) is 5.75 Å². The summed E-state index contributed by atoms with van der Waals surface area (Å²) in [5.74, 6) is -0.00128. The van der Waals surface area contributed by atoms with Crippen molar-refractivity contribution in [1.82, 2.24) is 0 Å². The standard InChI is InChI=1S/C19H16O3/c1-22-16-11-9-14(10-12-16)13-5-7-15(8-6-13)19-17(20)3-2-4-18(19)21/h2-3,5-12,19H,4H2,1H3. The van der Waals surface area contributed by atoms with E-state index in [0.29, 0.717) is 6.42 Å². The van der Waals surface area contributed by atoms with Crippen molar-refractivity contribution in [2.45, 2.75) is 12.3 Å². The maximum atomic E-state index is 11.9. The molecule has 2 aromatic rings. The zero-order chi connectivity index (χ0) is 15.5. The van der Waals surface area contributed by atoms with E-state index in [1.807, 2.05) is 48.5 Å². The van der Waals surface area contributed by atoms with Crippen molar-refractivity contribution in [3.05, 3.63) is 66.2 Å². The summed E-state index contributed by atoms with van der Waals surface area (Å²) in [5.41, 5.74) is 2.86. The summed E-state index contributed by atoms with van der Waals surface area (Å²) in [6.45, 7) is 0. The molecule has 110 valence electrons. The summed E-state index contributed by atoms with van der Waals surface area (Å²) in [7, 11) is 1.64. The predicted molar refractivity (Wildman–Crippen MR) is 84.9 cm³/mol. The van der Waals surface area contributed by atoms with E-state index in [1.54, 1.807) is 13.2 Å². The fourth-order valence-corrected chi connectivity index (χ4v) is 2.67. The lowest BCUT2D eigenvalue weighted by Crippen LogP contribution is -2.23. The largest absolute Gasteiger partial charge is 0.497 e. The molecular weight excluding hydrogens is 276 g/mol. The van der Waals surface area contributed by atoms with Crippen LogP contribution in [0.15, 0.2) is 60.7 Å². The monoisotopic (exact) mass is 292 g/mol. The van der Waals surface area contributed by atoms with Crippen LogP contribution in [0.4, 0.5) is 0 Å². The van der Waals surface area contributed by atoms with Crippen molar-refractivity contribution in [1.29, 1.82) is 0 Å². The maximum Gasteiger partial charge on any atom is 0.170 e. The summed E-state index contributed by atoms with van der Waals surface area (Å²) in [6.07, 6.45) is 3.47. The lowest BCUT2D eigenvalue weighted by molar-refractivity contribution is -0.127. The molecule has 0 amide bonds. The number of ketones is 2. The van der Waals surface area contributed by atoms with Crippen LogP contribution in [0.3, 0.4) is 0 Å². The smallest absolute Gasteiger partial charge is 0.170 e. The fraction of sp³-hybridized carbons (Fsp3) is 0.158. The molecule has 1 aliphatic carbocycles. The molecule has 0 saturated carbocycles. The van der Waals surface area contributed by atoms with Gasteiger partial charge >= 0.3 is 0 Å². The Morgan fingerprint density at radius 1 is 0.909 bits per heavy atom. The second-order valence-electron chi connectivity index (χ2n) is 5.26. The molecule has 0 spiro atoms.